The monoisotopic (exact) mass is 332 g/mol. The van der Waals surface area contributed by atoms with Gasteiger partial charge in [0.05, 0.1) is 14.8 Å². The highest BCUT2D eigenvalue weighted by molar-refractivity contribution is 7.89. The summed E-state index contributed by atoms with van der Waals surface area (Å²) in [5, 5.41) is 11.1. The Morgan fingerprint density at radius 1 is 1.19 bits per heavy atom. The van der Waals surface area contributed by atoms with Crippen LogP contribution >= 0.6 is 11.6 Å². The summed E-state index contributed by atoms with van der Waals surface area (Å²) in [7, 11) is -3.74. The zero-order chi connectivity index (χ0) is 15.6. The maximum absolute atomic E-state index is 12.6. The van der Waals surface area contributed by atoms with Gasteiger partial charge in [-0.25, -0.2) is 8.42 Å². The van der Waals surface area contributed by atoms with Gasteiger partial charge in [-0.15, -0.1) is 0 Å². The Balaban J connectivity index is 2.46. The Morgan fingerprint density at radius 2 is 1.76 bits per heavy atom. The van der Waals surface area contributed by atoms with Crippen LogP contribution < -0.4 is 0 Å². The molecule has 0 bridgehead atoms. The van der Waals surface area contributed by atoms with E-state index >= 15 is 0 Å². The molecule has 6 nitrogen and oxygen atoms in total. The van der Waals surface area contributed by atoms with E-state index in [0.29, 0.717) is 13.1 Å². The third-order valence-electron chi connectivity index (χ3n) is 3.69. The first-order chi connectivity index (χ1) is 9.84. The minimum absolute atomic E-state index is 0.0950. The Hall–Kier alpha value is -1.18. The van der Waals surface area contributed by atoms with Crippen LogP contribution in [0.5, 0.6) is 0 Å². The third-order valence-corrected chi connectivity index (χ3v) is 5.96. The van der Waals surface area contributed by atoms with Gasteiger partial charge in [0.2, 0.25) is 10.0 Å². The zero-order valence-corrected chi connectivity index (χ0v) is 13.3. The van der Waals surface area contributed by atoms with E-state index in [9.17, 15) is 18.5 Å². The van der Waals surface area contributed by atoms with Crippen molar-refractivity contribution in [3.8, 4) is 0 Å². The van der Waals surface area contributed by atoms with Crippen LogP contribution in [-0.4, -0.2) is 30.7 Å². The molecule has 1 saturated heterocycles. The molecule has 1 fully saturated rings. The molecule has 1 aromatic rings. The number of nitrogens with zero attached hydrogens (tertiary/aromatic N) is 2. The Labute approximate surface area is 128 Å². The lowest BCUT2D eigenvalue weighted by atomic mass is 10.2. The summed E-state index contributed by atoms with van der Waals surface area (Å²) >= 11 is 5.95. The Morgan fingerprint density at radius 3 is 2.29 bits per heavy atom. The van der Waals surface area contributed by atoms with Crippen molar-refractivity contribution >= 4 is 27.3 Å². The summed E-state index contributed by atoms with van der Waals surface area (Å²) in [6.45, 7) is 2.39. The largest absolute Gasteiger partial charge is 0.275 e. The number of hydrogen-bond donors (Lipinski definition) is 0. The van der Waals surface area contributed by atoms with Crippen LogP contribution in [0, 0.1) is 17.0 Å². The van der Waals surface area contributed by atoms with Crippen LogP contribution in [0.3, 0.4) is 0 Å². The Kier molecular flexibility index (Phi) is 4.85. The van der Waals surface area contributed by atoms with Crippen molar-refractivity contribution in [2.45, 2.75) is 37.5 Å². The van der Waals surface area contributed by atoms with Gasteiger partial charge in [0.25, 0.3) is 5.69 Å². The molecule has 1 aliphatic rings. The SMILES string of the molecule is Cc1c(Cl)cc(S(=O)(=O)N2CCCCCC2)cc1[N+](=O)[O-]. The van der Waals surface area contributed by atoms with Crippen molar-refractivity contribution < 1.29 is 13.3 Å². The van der Waals surface area contributed by atoms with Gasteiger partial charge in [0.1, 0.15) is 0 Å². The molecule has 0 amide bonds. The topological polar surface area (TPSA) is 80.5 Å². The molecule has 0 aliphatic carbocycles. The molecule has 0 N–H and O–H groups in total. The average molecular weight is 333 g/mol. The van der Waals surface area contributed by atoms with Gasteiger partial charge >= 0.3 is 0 Å². The number of nitro groups is 1. The van der Waals surface area contributed by atoms with E-state index in [1.54, 1.807) is 0 Å². The molecule has 8 heteroatoms. The summed E-state index contributed by atoms with van der Waals surface area (Å²) in [5.74, 6) is 0. The molecule has 2 rings (SSSR count). The van der Waals surface area contributed by atoms with Crippen LogP contribution in [0.15, 0.2) is 17.0 Å². The van der Waals surface area contributed by atoms with Crippen molar-refractivity contribution in [3.63, 3.8) is 0 Å². The predicted molar refractivity (Wildman–Crippen MR) is 80.1 cm³/mol. The minimum Gasteiger partial charge on any atom is -0.258 e. The van der Waals surface area contributed by atoms with Crippen molar-refractivity contribution in [1.29, 1.82) is 0 Å². The van der Waals surface area contributed by atoms with E-state index in [2.05, 4.69) is 0 Å². The number of nitro benzene ring substituents is 1. The Bertz CT molecular complexity index is 652. The predicted octanol–water partition coefficient (Wildman–Crippen LogP) is 3.12. The second-order valence-electron chi connectivity index (χ2n) is 5.12. The molecule has 0 unspecified atom stereocenters. The van der Waals surface area contributed by atoms with E-state index in [1.165, 1.54) is 17.3 Å². The average Bonchev–Trinajstić information content (AvgIpc) is 2.70. The zero-order valence-electron chi connectivity index (χ0n) is 11.7. The van der Waals surface area contributed by atoms with E-state index in [1.807, 2.05) is 0 Å². The van der Waals surface area contributed by atoms with Gasteiger partial charge in [-0.2, -0.15) is 4.31 Å². The molecule has 1 aromatic carbocycles. The molecule has 1 aliphatic heterocycles. The summed E-state index contributed by atoms with van der Waals surface area (Å²) in [6, 6.07) is 2.39. The van der Waals surface area contributed by atoms with Gasteiger partial charge in [0.15, 0.2) is 0 Å². The second kappa shape index (κ2) is 6.29. The first kappa shape index (κ1) is 16.2. The minimum atomic E-state index is -3.74. The smallest absolute Gasteiger partial charge is 0.258 e. The molecule has 0 saturated carbocycles. The van der Waals surface area contributed by atoms with Gasteiger partial charge in [0, 0.05) is 24.7 Å². The lowest BCUT2D eigenvalue weighted by Crippen LogP contribution is -2.32. The van der Waals surface area contributed by atoms with Crippen molar-refractivity contribution in [1.82, 2.24) is 4.31 Å². The van der Waals surface area contributed by atoms with Crippen LogP contribution in [0.4, 0.5) is 5.69 Å². The van der Waals surface area contributed by atoms with E-state index in [-0.39, 0.29) is 21.2 Å². The van der Waals surface area contributed by atoms with E-state index in [0.717, 1.165) is 31.7 Å². The van der Waals surface area contributed by atoms with Crippen molar-refractivity contribution in [3.05, 3.63) is 32.8 Å². The highest BCUT2D eigenvalue weighted by Crippen LogP contribution is 2.31. The molecule has 116 valence electrons. The van der Waals surface area contributed by atoms with Crippen molar-refractivity contribution in [2.24, 2.45) is 0 Å². The van der Waals surface area contributed by atoms with Crippen LogP contribution in [0.25, 0.3) is 0 Å². The summed E-state index contributed by atoms with van der Waals surface area (Å²) in [4.78, 5) is 10.3. The molecule has 21 heavy (non-hydrogen) atoms. The highest BCUT2D eigenvalue weighted by atomic mass is 35.5. The quantitative estimate of drug-likeness (QED) is 0.629. The number of hydrogen-bond acceptors (Lipinski definition) is 4. The number of halogens is 1. The lowest BCUT2D eigenvalue weighted by molar-refractivity contribution is -0.385. The first-order valence-corrected chi connectivity index (χ1v) is 8.60. The van der Waals surface area contributed by atoms with Gasteiger partial charge in [-0.3, -0.25) is 10.1 Å². The number of sulfonamides is 1. The molecule has 1 heterocycles. The van der Waals surface area contributed by atoms with Gasteiger partial charge in [-0.05, 0) is 25.8 Å². The van der Waals surface area contributed by atoms with Crippen molar-refractivity contribution in [2.75, 3.05) is 13.1 Å². The fraction of sp³-hybridized carbons (Fsp3) is 0.538. The van der Waals surface area contributed by atoms with E-state index < -0.39 is 14.9 Å². The molecule has 0 atom stereocenters. The summed E-state index contributed by atoms with van der Waals surface area (Å²) in [6.07, 6.45) is 3.61. The lowest BCUT2D eigenvalue weighted by Gasteiger charge is -2.20. The number of benzene rings is 1. The molecule has 0 spiro atoms. The highest BCUT2D eigenvalue weighted by Gasteiger charge is 2.28. The second-order valence-corrected chi connectivity index (χ2v) is 7.47. The van der Waals surface area contributed by atoms with Crippen LogP contribution in [0.1, 0.15) is 31.2 Å². The molecule has 0 aromatic heterocycles. The number of rotatable bonds is 3. The van der Waals surface area contributed by atoms with Gasteiger partial charge in [-0.1, -0.05) is 24.4 Å². The fourth-order valence-corrected chi connectivity index (χ4v) is 4.25. The van der Waals surface area contributed by atoms with Crippen LogP contribution in [0.2, 0.25) is 5.02 Å². The summed E-state index contributed by atoms with van der Waals surface area (Å²) < 4.78 is 26.6. The normalized spacial score (nSPS) is 17.4. The standard InChI is InChI=1S/C13H17ClN2O4S/c1-10-12(14)8-11(9-13(10)16(17)18)21(19,20)15-6-4-2-3-5-7-15/h8-9H,2-7H2,1H3. The molecular formula is C13H17ClN2O4S. The van der Waals surface area contributed by atoms with E-state index in [4.69, 9.17) is 11.6 Å². The maximum atomic E-state index is 12.6. The third kappa shape index (κ3) is 3.36. The van der Waals surface area contributed by atoms with Gasteiger partial charge < -0.3 is 0 Å². The summed E-state index contributed by atoms with van der Waals surface area (Å²) in [5.41, 5.74) is 0.00683. The fourth-order valence-electron chi connectivity index (χ4n) is 2.41. The van der Waals surface area contributed by atoms with Crippen LogP contribution in [-0.2, 0) is 10.0 Å². The maximum Gasteiger partial charge on any atom is 0.275 e. The molecule has 0 radical (unpaired) electrons. The first-order valence-electron chi connectivity index (χ1n) is 6.78. The molecular weight excluding hydrogens is 316 g/mol.